The third kappa shape index (κ3) is 6.72. The topological polar surface area (TPSA) is 109 Å². The molecule has 180 valence electrons. The van der Waals surface area contributed by atoms with Gasteiger partial charge in [0.25, 0.3) is 0 Å². The van der Waals surface area contributed by atoms with Crippen LogP contribution in [0.4, 0.5) is 0 Å². The van der Waals surface area contributed by atoms with Gasteiger partial charge in [0.1, 0.15) is 22.7 Å². The average Bonchev–Trinajstić information content (AvgIpc) is 3.40. The van der Waals surface area contributed by atoms with Gasteiger partial charge in [0.05, 0.1) is 18.7 Å². The highest BCUT2D eigenvalue weighted by Crippen LogP contribution is 2.33. The number of hydrogen-bond acceptors (Lipinski definition) is 8. The van der Waals surface area contributed by atoms with Crippen LogP contribution in [-0.4, -0.2) is 70.5 Å². The Morgan fingerprint density at radius 3 is 2.88 bits per heavy atom. The molecular weight excluding hydrogens is 460 g/mol. The molecule has 4 bridgehead atoms. The summed E-state index contributed by atoms with van der Waals surface area (Å²) in [5.41, 5.74) is 0.576. The van der Waals surface area contributed by atoms with Gasteiger partial charge in [-0.1, -0.05) is 26.0 Å². The average molecular weight is 493 g/mol. The van der Waals surface area contributed by atoms with Gasteiger partial charge in [0.15, 0.2) is 0 Å². The molecule has 3 atom stereocenters. The van der Waals surface area contributed by atoms with Gasteiger partial charge in [0, 0.05) is 17.9 Å². The number of thioether (sulfide) groups is 2. The molecule has 0 aromatic heterocycles. The Kier molecular flexibility index (Phi) is 8.81. The fourth-order valence-corrected chi connectivity index (χ4v) is 5.05. The van der Waals surface area contributed by atoms with Gasteiger partial charge in [-0.2, -0.15) is 11.8 Å². The van der Waals surface area contributed by atoms with E-state index in [0.717, 1.165) is 23.6 Å². The monoisotopic (exact) mass is 492 g/mol. The predicted molar refractivity (Wildman–Crippen MR) is 135 cm³/mol. The number of esters is 1. The Morgan fingerprint density at radius 2 is 2.15 bits per heavy atom. The van der Waals surface area contributed by atoms with E-state index in [2.05, 4.69) is 20.6 Å². The zero-order chi connectivity index (χ0) is 24.0. The van der Waals surface area contributed by atoms with E-state index in [0.29, 0.717) is 23.8 Å². The van der Waals surface area contributed by atoms with Crippen LogP contribution in [-0.2, 0) is 19.1 Å². The predicted octanol–water partition coefficient (Wildman–Crippen LogP) is 2.50. The second-order valence-electron chi connectivity index (χ2n) is 8.81. The minimum Gasteiger partial charge on any atom is -0.456 e. The van der Waals surface area contributed by atoms with Gasteiger partial charge >= 0.3 is 5.97 Å². The second kappa shape index (κ2) is 11.4. The van der Waals surface area contributed by atoms with Crippen molar-refractivity contribution in [1.29, 1.82) is 0 Å². The molecule has 0 spiro atoms. The largest absolute Gasteiger partial charge is 0.456 e. The quantitative estimate of drug-likeness (QED) is 0.347. The van der Waals surface area contributed by atoms with Gasteiger partial charge in [-0.05, 0) is 37.3 Å². The van der Waals surface area contributed by atoms with Gasteiger partial charge in [-0.3, -0.25) is 19.6 Å². The summed E-state index contributed by atoms with van der Waals surface area (Å²) in [5, 5.41) is 6.44. The minimum absolute atomic E-state index is 0.00805. The normalized spacial score (nSPS) is 28.9. The summed E-state index contributed by atoms with van der Waals surface area (Å²) in [5.74, 6) is 0.108. The lowest BCUT2D eigenvalue weighted by molar-refractivity contribution is -0.153. The van der Waals surface area contributed by atoms with Crippen LogP contribution in [0.5, 0.6) is 0 Å². The Morgan fingerprint density at radius 1 is 1.36 bits per heavy atom. The molecule has 0 aromatic rings. The van der Waals surface area contributed by atoms with Crippen molar-refractivity contribution in [2.45, 2.75) is 57.7 Å². The van der Waals surface area contributed by atoms with Gasteiger partial charge in [-0.15, -0.1) is 11.8 Å². The van der Waals surface area contributed by atoms with Crippen LogP contribution in [0.1, 0.15) is 40.0 Å². The second-order valence-corrected chi connectivity index (χ2v) is 10.8. The van der Waals surface area contributed by atoms with Crippen LogP contribution in [0.2, 0.25) is 0 Å². The van der Waals surface area contributed by atoms with Gasteiger partial charge < -0.3 is 15.4 Å². The zero-order valence-electron chi connectivity index (χ0n) is 19.6. The molecule has 0 unspecified atom stereocenters. The van der Waals surface area contributed by atoms with Crippen LogP contribution in [0, 0.1) is 5.92 Å². The number of cyclic esters (lactones) is 1. The lowest BCUT2D eigenvalue weighted by Crippen LogP contribution is -2.53. The smallest absolute Gasteiger partial charge is 0.329 e. The summed E-state index contributed by atoms with van der Waals surface area (Å²) in [6.45, 7) is 5.78. The molecule has 3 aliphatic rings. The first-order valence-corrected chi connectivity index (χ1v) is 13.5. The molecule has 2 N–H and O–H groups in total. The molecule has 0 saturated heterocycles. The Labute approximate surface area is 203 Å². The molecule has 0 fully saturated rings. The van der Waals surface area contributed by atoms with Crippen LogP contribution in [0.3, 0.4) is 0 Å². The van der Waals surface area contributed by atoms with E-state index in [4.69, 9.17) is 4.74 Å². The summed E-state index contributed by atoms with van der Waals surface area (Å²) in [6.07, 6.45) is 8.40. The fourth-order valence-electron chi connectivity index (χ4n) is 3.52. The van der Waals surface area contributed by atoms with Crippen molar-refractivity contribution in [2.24, 2.45) is 15.9 Å². The van der Waals surface area contributed by atoms with Gasteiger partial charge in [0.2, 0.25) is 11.8 Å². The van der Waals surface area contributed by atoms with E-state index >= 15 is 0 Å². The van der Waals surface area contributed by atoms with Crippen molar-refractivity contribution in [3.8, 4) is 0 Å². The standard InChI is InChI=1S/C23H32N4O4S2/c1-14(2)19-21(29)31-16(7-5-6-10-32-4)11-18(28)24-12-15-8-9-17(25-15)20-27-23(3,13-33-20)22(30)26-19/h5,7,9,14,16,19H,6,8,10-13H2,1-4H3,(H,24,28)(H,26,30)/b7-5+/t16-,19+,23+/m1/s1. The number of allylic oxidation sites excluding steroid dienone is 2. The number of carbonyl (C=O) groups is 3. The molecule has 8 nitrogen and oxygen atoms in total. The van der Waals surface area contributed by atoms with Crippen molar-refractivity contribution < 1.29 is 19.1 Å². The zero-order valence-corrected chi connectivity index (χ0v) is 21.2. The van der Waals surface area contributed by atoms with Crippen molar-refractivity contribution in [3.05, 3.63) is 23.9 Å². The molecule has 3 aliphatic heterocycles. The first-order chi connectivity index (χ1) is 15.7. The molecule has 10 heteroatoms. The van der Waals surface area contributed by atoms with Crippen LogP contribution >= 0.6 is 23.5 Å². The molecule has 0 aromatic carbocycles. The highest BCUT2D eigenvalue weighted by molar-refractivity contribution is 8.14. The minimum atomic E-state index is -0.991. The van der Waals surface area contributed by atoms with E-state index in [-0.39, 0.29) is 24.2 Å². The lowest BCUT2D eigenvalue weighted by atomic mass is 10.0. The molecular formula is C23H32N4O4S2. The molecule has 3 heterocycles. The van der Waals surface area contributed by atoms with E-state index < -0.39 is 23.7 Å². The number of nitrogens with zero attached hydrogens (tertiary/aromatic N) is 2. The Balaban J connectivity index is 1.87. The molecule has 0 radical (unpaired) electrons. The SMILES string of the molecule is CSCC/C=C/[C@@H]1CC(=O)NCC2=NC(=CC2)C2=N[C@@](C)(CS2)C(=O)N[C@@H](C(C)C)C(=O)O1. The first kappa shape index (κ1) is 25.6. The van der Waals surface area contributed by atoms with Crippen molar-refractivity contribution in [2.75, 3.05) is 24.3 Å². The maximum absolute atomic E-state index is 13.2. The molecule has 2 amide bonds. The van der Waals surface area contributed by atoms with Crippen molar-refractivity contribution in [1.82, 2.24) is 10.6 Å². The number of nitrogens with one attached hydrogen (secondary N) is 2. The number of amides is 2. The molecule has 0 aliphatic carbocycles. The highest BCUT2D eigenvalue weighted by Gasteiger charge is 2.42. The molecule has 3 rings (SSSR count). The summed E-state index contributed by atoms with van der Waals surface area (Å²) < 4.78 is 5.71. The van der Waals surface area contributed by atoms with Crippen molar-refractivity contribution in [3.63, 3.8) is 0 Å². The molecule has 0 saturated carbocycles. The Bertz CT molecular complexity index is 912. The Hall–Kier alpha value is -2.07. The van der Waals surface area contributed by atoms with Crippen LogP contribution in [0.15, 0.2) is 33.9 Å². The fraction of sp³-hybridized carbons (Fsp3) is 0.609. The number of hydrogen-bond donors (Lipinski definition) is 2. The number of fused-ring (bicyclic) bond motifs is 3. The third-order valence-electron chi connectivity index (χ3n) is 5.55. The van der Waals surface area contributed by atoms with Crippen LogP contribution < -0.4 is 10.6 Å². The van der Waals surface area contributed by atoms with E-state index in [9.17, 15) is 14.4 Å². The first-order valence-electron chi connectivity index (χ1n) is 11.1. The summed E-state index contributed by atoms with van der Waals surface area (Å²) in [6, 6.07) is -0.841. The summed E-state index contributed by atoms with van der Waals surface area (Å²) >= 11 is 3.19. The number of carbonyl (C=O) groups excluding carboxylic acids is 3. The summed E-state index contributed by atoms with van der Waals surface area (Å²) in [7, 11) is 0. The number of ether oxygens (including phenoxy) is 1. The third-order valence-corrected chi connectivity index (χ3v) is 7.47. The highest BCUT2D eigenvalue weighted by atomic mass is 32.2. The maximum atomic E-state index is 13.2. The number of aliphatic imine (C=N–C) groups is 2. The van der Waals surface area contributed by atoms with Crippen LogP contribution in [0.25, 0.3) is 0 Å². The molecule has 33 heavy (non-hydrogen) atoms. The summed E-state index contributed by atoms with van der Waals surface area (Å²) in [4.78, 5) is 48.1. The van der Waals surface area contributed by atoms with Gasteiger partial charge in [-0.25, -0.2) is 4.79 Å². The van der Waals surface area contributed by atoms with E-state index in [1.165, 1.54) is 11.8 Å². The van der Waals surface area contributed by atoms with E-state index in [1.54, 1.807) is 24.8 Å². The van der Waals surface area contributed by atoms with Crippen molar-refractivity contribution >= 4 is 52.1 Å². The van der Waals surface area contributed by atoms with E-state index in [1.807, 2.05) is 32.3 Å². The maximum Gasteiger partial charge on any atom is 0.329 e. The number of rotatable bonds is 5. The lowest BCUT2D eigenvalue weighted by Gasteiger charge is -2.27.